The molecule has 0 aromatic carbocycles. The highest BCUT2D eigenvalue weighted by molar-refractivity contribution is 4.92. The number of nitrogens with zero attached hydrogens (tertiary/aromatic N) is 3. The van der Waals surface area contributed by atoms with Gasteiger partial charge in [-0.25, -0.2) is 4.98 Å². The molecule has 1 aliphatic heterocycles. The number of aryl methyl sites for hydroxylation is 1. The molecule has 0 radical (unpaired) electrons. The van der Waals surface area contributed by atoms with E-state index in [1.165, 1.54) is 19.4 Å². The topological polar surface area (TPSA) is 33.1 Å². The molecular weight excluding hydrogens is 224 g/mol. The van der Waals surface area contributed by atoms with Crippen LogP contribution in [0, 0.1) is 5.92 Å². The lowest BCUT2D eigenvalue weighted by atomic mass is 10.1. The maximum atomic E-state index is 4.44. The lowest BCUT2D eigenvalue weighted by molar-refractivity contribution is 0.209. The van der Waals surface area contributed by atoms with Crippen LogP contribution in [-0.4, -0.2) is 40.1 Å². The van der Waals surface area contributed by atoms with E-state index in [0.717, 1.165) is 25.5 Å². The zero-order valence-electron chi connectivity index (χ0n) is 11.9. The summed E-state index contributed by atoms with van der Waals surface area (Å²) >= 11 is 0. The van der Waals surface area contributed by atoms with Gasteiger partial charge in [-0.1, -0.05) is 13.8 Å². The summed E-state index contributed by atoms with van der Waals surface area (Å²) in [6.07, 6.45) is 6.55. The third-order valence-electron chi connectivity index (χ3n) is 3.55. The van der Waals surface area contributed by atoms with Gasteiger partial charge in [0, 0.05) is 38.6 Å². The number of nitrogens with one attached hydrogen (secondary N) is 1. The maximum absolute atomic E-state index is 4.44. The summed E-state index contributed by atoms with van der Waals surface area (Å²) in [6.45, 7) is 9.00. The molecular formula is C14H26N4. The molecule has 1 aromatic heterocycles. The third-order valence-corrected chi connectivity index (χ3v) is 3.55. The number of imidazole rings is 1. The molecule has 102 valence electrons. The second-order valence-corrected chi connectivity index (χ2v) is 5.84. The van der Waals surface area contributed by atoms with Gasteiger partial charge in [0.25, 0.3) is 0 Å². The Morgan fingerprint density at radius 2 is 2.39 bits per heavy atom. The van der Waals surface area contributed by atoms with Crippen LogP contribution in [0.1, 0.15) is 32.5 Å². The predicted octanol–water partition coefficient (Wildman–Crippen LogP) is 1.63. The number of hydrogen-bond acceptors (Lipinski definition) is 3. The van der Waals surface area contributed by atoms with Crippen molar-refractivity contribution in [2.24, 2.45) is 13.0 Å². The average molecular weight is 250 g/mol. The molecule has 18 heavy (non-hydrogen) atoms. The summed E-state index contributed by atoms with van der Waals surface area (Å²) in [5.74, 6) is 1.86. The van der Waals surface area contributed by atoms with Crippen molar-refractivity contribution < 1.29 is 0 Å². The van der Waals surface area contributed by atoms with E-state index in [0.29, 0.717) is 12.0 Å². The van der Waals surface area contributed by atoms with Crippen LogP contribution in [0.5, 0.6) is 0 Å². The van der Waals surface area contributed by atoms with Crippen LogP contribution in [0.15, 0.2) is 12.4 Å². The first-order valence-electron chi connectivity index (χ1n) is 7.07. The first-order chi connectivity index (χ1) is 8.65. The van der Waals surface area contributed by atoms with E-state index in [1.807, 2.05) is 12.4 Å². The first-order valence-corrected chi connectivity index (χ1v) is 7.07. The van der Waals surface area contributed by atoms with Gasteiger partial charge in [0.1, 0.15) is 5.82 Å². The molecule has 4 nitrogen and oxygen atoms in total. The highest BCUT2D eigenvalue weighted by Gasteiger charge is 2.19. The van der Waals surface area contributed by atoms with Crippen molar-refractivity contribution in [3.8, 4) is 0 Å². The van der Waals surface area contributed by atoms with E-state index in [4.69, 9.17) is 0 Å². The Bertz CT molecular complexity index is 352. The smallest absolute Gasteiger partial charge is 0.122 e. The van der Waals surface area contributed by atoms with Gasteiger partial charge in [0.15, 0.2) is 0 Å². The Balaban J connectivity index is 1.93. The van der Waals surface area contributed by atoms with Gasteiger partial charge in [0.05, 0.1) is 6.54 Å². The van der Waals surface area contributed by atoms with Crippen LogP contribution in [0.3, 0.4) is 0 Å². The van der Waals surface area contributed by atoms with Gasteiger partial charge in [-0.3, -0.25) is 4.90 Å². The second kappa shape index (κ2) is 6.34. The largest absolute Gasteiger partial charge is 0.337 e. The summed E-state index contributed by atoms with van der Waals surface area (Å²) in [6, 6.07) is 0.670. The van der Waals surface area contributed by atoms with Crippen LogP contribution >= 0.6 is 0 Å². The second-order valence-electron chi connectivity index (χ2n) is 5.84. The van der Waals surface area contributed by atoms with E-state index in [2.05, 4.69) is 40.7 Å². The molecule has 4 heteroatoms. The standard InChI is InChI=1S/C14H26N4/c1-12(2)9-18(10-13-5-4-6-15-13)11-14-16-7-8-17(14)3/h7-8,12-13,15H,4-6,9-11H2,1-3H3. The quantitative estimate of drug-likeness (QED) is 0.833. The highest BCUT2D eigenvalue weighted by atomic mass is 15.2. The van der Waals surface area contributed by atoms with Crippen molar-refractivity contribution in [3.05, 3.63) is 18.2 Å². The number of aromatic nitrogens is 2. The maximum Gasteiger partial charge on any atom is 0.122 e. The van der Waals surface area contributed by atoms with Crippen molar-refractivity contribution in [2.45, 2.75) is 39.3 Å². The normalized spacial score (nSPS) is 20.2. The van der Waals surface area contributed by atoms with Crippen molar-refractivity contribution in [2.75, 3.05) is 19.6 Å². The average Bonchev–Trinajstić information content (AvgIpc) is 2.91. The molecule has 0 amide bonds. The zero-order valence-corrected chi connectivity index (χ0v) is 11.9. The molecule has 1 atom stereocenters. The Kier molecular flexibility index (Phi) is 4.78. The number of rotatable bonds is 6. The predicted molar refractivity (Wildman–Crippen MR) is 74.3 cm³/mol. The fraction of sp³-hybridized carbons (Fsp3) is 0.786. The molecule has 0 saturated carbocycles. The summed E-state index contributed by atoms with van der Waals surface area (Å²) in [7, 11) is 2.07. The van der Waals surface area contributed by atoms with Gasteiger partial charge in [-0.05, 0) is 25.3 Å². The molecule has 1 unspecified atom stereocenters. The van der Waals surface area contributed by atoms with E-state index in [-0.39, 0.29) is 0 Å². The highest BCUT2D eigenvalue weighted by Crippen LogP contribution is 2.11. The molecule has 0 aliphatic carbocycles. The van der Waals surface area contributed by atoms with Gasteiger partial charge in [-0.2, -0.15) is 0 Å². The van der Waals surface area contributed by atoms with E-state index in [1.54, 1.807) is 0 Å². The lowest BCUT2D eigenvalue weighted by Gasteiger charge is -2.27. The Hall–Kier alpha value is -0.870. The first kappa shape index (κ1) is 13.6. The monoisotopic (exact) mass is 250 g/mol. The summed E-state index contributed by atoms with van der Waals surface area (Å²) in [5.41, 5.74) is 0. The molecule has 1 aromatic rings. The van der Waals surface area contributed by atoms with E-state index in [9.17, 15) is 0 Å². The van der Waals surface area contributed by atoms with Gasteiger partial charge < -0.3 is 9.88 Å². The van der Waals surface area contributed by atoms with Crippen LogP contribution in [0.4, 0.5) is 0 Å². The van der Waals surface area contributed by atoms with Crippen LogP contribution in [0.25, 0.3) is 0 Å². The van der Waals surface area contributed by atoms with Crippen molar-refractivity contribution in [1.82, 2.24) is 19.8 Å². The minimum absolute atomic E-state index is 0.670. The Morgan fingerprint density at radius 1 is 1.56 bits per heavy atom. The lowest BCUT2D eigenvalue weighted by Crippen LogP contribution is -2.39. The van der Waals surface area contributed by atoms with E-state index < -0.39 is 0 Å². The molecule has 2 rings (SSSR count). The van der Waals surface area contributed by atoms with Crippen molar-refractivity contribution >= 4 is 0 Å². The van der Waals surface area contributed by atoms with Crippen molar-refractivity contribution in [1.29, 1.82) is 0 Å². The minimum atomic E-state index is 0.670. The summed E-state index contributed by atoms with van der Waals surface area (Å²) in [5, 5.41) is 3.59. The Morgan fingerprint density at radius 3 is 2.94 bits per heavy atom. The SMILES string of the molecule is CC(C)CN(Cc1nccn1C)CC1CCCN1. The minimum Gasteiger partial charge on any atom is -0.337 e. The van der Waals surface area contributed by atoms with Crippen LogP contribution in [-0.2, 0) is 13.6 Å². The van der Waals surface area contributed by atoms with Gasteiger partial charge in [0.2, 0.25) is 0 Å². The summed E-state index contributed by atoms with van der Waals surface area (Å²) < 4.78 is 2.12. The molecule has 1 aliphatic rings. The van der Waals surface area contributed by atoms with Gasteiger partial charge >= 0.3 is 0 Å². The fourth-order valence-electron chi connectivity index (χ4n) is 2.69. The zero-order chi connectivity index (χ0) is 13.0. The van der Waals surface area contributed by atoms with Crippen LogP contribution < -0.4 is 5.32 Å². The van der Waals surface area contributed by atoms with Crippen LogP contribution in [0.2, 0.25) is 0 Å². The van der Waals surface area contributed by atoms with Crippen molar-refractivity contribution in [3.63, 3.8) is 0 Å². The molecule has 0 spiro atoms. The molecule has 1 saturated heterocycles. The third kappa shape index (κ3) is 3.82. The fourth-order valence-corrected chi connectivity index (χ4v) is 2.69. The number of hydrogen-bond donors (Lipinski definition) is 1. The molecule has 1 fully saturated rings. The molecule has 0 bridgehead atoms. The molecule has 1 N–H and O–H groups in total. The molecule has 2 heterocycles. The van der Waals surface area contributed by atoms with E-state index >= 15 is 0 Å². The summed E-state index contributed by atoms with van der Waals surface area (Å²) in [4.78, 5) is 6.98. The Labute approximate surface area is 110 Å². The van der Waals surface area contributed by atoms with Gasteiger partial charge in [-0.15, -0.1) is 0 Å².